The van der Waals surface area contributed by atoms with E-state index in [0.29, 0.717) is 19.3 Å². The first-order chi connectivity index (χ1) is 6.03. The smallest absolute Gasteiger partial charge is 0.123 e. The first kappa shape index (κ1) is 9.19. The number of aliphatic hydroxyl groups is 2. The molecule has 2 N–H and O–H groups in total. The molecule has 0 heterocycles. The molecule has 74 valence electrons. The van der Waals surface area contributed by atoms with Gasteiger partial charge in [0.15, 0.2) is 0 Å². The molecule has 2 aliphatic carbocycles. The van der Waals surface area contributed by atoms with Crippen LogP contribution < -0.4 is 0 Å². The van der Waals surface area contributed by atoms with Crippen LogP contribution in [0.2, 0.25) is 0 Å². The van der Waals surface area contributed by atoms with Gasteiger partial charge in [0.1, 0.15) is 11.7 Å². The zero-order chi connectivity index (χ0) is 9.69. The first-order valence-electron chi connectivity index (χ1n) is 4.69. The van der Waals surface area contributed by atoms with Gasteiger partial charge in [-0.05, 0) is 24.8 Å². The van der Waals surface area contributed by atoms with Crippen molar-refractivity contribution in [2.45, 2.75) is 43.0 Å². The van der Waals surface area contributed by atoms with Crippen molar-refractivity contribution in [2.24, 2.45) is 0 Å². The minimum Gasteiger partial charge on any atom is -0.386 e. The van der Waals surface area contributed by atoms with E-state index >= 15 is 0 Å². The van der Waals surface area contributed by atoms with E-state index in [2.05, 4.69) is 6.58 Å². The van der Waals surface area contributed by atoms with Gasteiger partial charge in [-0.2, -0.15) is 0 Å². The molecule has 0 aromatic carbocycles. The monoisotopic (exact) mass is 184 g/mol. The number of ether oxygens (including phenoxy) is 1. The lowest BCUT2D eigenvalue weighted by molar-refractivity contribution is -0.154. The lowest BCUT2D eigenvalue weighted by Crippen LogP contribution is -2.51. The second kappa shape index (κ2) is 2.56. The molecule has 2 aliphatic rings. The van der Waals surface area contributed by atoms with Crippen molar-refractivity contribution in [3.63, 3.8) is 0 Å². The average Bonchev–Trinajstić information content (AvgIpc) is 2.37. The van der Waals surface area contributed by atoms with Crippen LogP contribution in [0.3, 0.4) is 0 Å². The van der Waals surface area contributed by atoms with Crippen molar-refractivity contribution in [1.82, 2.24) is 0 Å². The van der Waals surface area contributed by atoms with Crippen LogP contribution >= 0.6 is 0 Å². The fraction of sp³-hybridized carbons (Fsp3) is 0.800. The normalized spacial score (nSPS) is 49.8. The highest BCUT2D eigenvalue weighted by Gasteiger charge is 2.63. The van der Waals surface area contributed by atoms with E-state index in [1.807, 2.05) is 0 Å². The summed E-state index contributed by atoms with van der Waals surface area (Å²) in [6, 6.07) is 0. The van der Waals surface area contributed by atoms with E-state index in [4.69, 9.17) is 4.74 Å². The molecule has 3 nitrogen and oxygen atoms in total. The Bertz CT molecular complexity index is 251. The number of rotatable bonds is 1. The molecule has 0 aromatic heterocycles. The van der Waals surface area contributed by atoms with Gasteiger partial charge in [-0.3, -0.25) is 0 Å². The van der Waals surface area contributed by atoms with Crippen LogP contribution in [-0.2, 0) is 4.74 Å². The Balaban J connectivity index is 2.38. The number of hydrogen-bond acceptors (Lipinski definition) is 3. The third kappa shape index (κ3) is 0.951. The second-order valence-electron chi connectivity index (χ2n) is 4.26. The molecular formula is C10H16O3. The van der Waals surface area contributed by atoms with Gasteiger partial charge in [0.25, 0.3) is 0 Å². The molecule has 0 saturated heterocycles. The van der Waals surface area contributed by atoms with Gasteiger partial charge in [-0.25, -0.2) is 0 Å². The predicted octanol–water partition coefficient (Wildman–Crippen LogP) is 0.607. The van der Waals surface area contributed by atoms with E-state index < -0.39 is 11.2 Å². The van der Waals surface area contributed by atoms with Crippen molar-refractivity contribution in [3.05, 3.63) is 12.2 Å². The highest BCUT2D eigenvalue weighted by Crippen LogP contribution is 2.53. The Labute approximate surface area is 78.0 Å². The van der Waals surface area contributed by atoms with E-state index in [-0.39, 0.29) is 6.10 Å². The Kier molecular flexibility index (Phi) is 1.81. The Morgan fingerprint density at radius 3 is 2.77 bits per heavy atom. The first-order valence-corrected chi connectivity index (χ1v) is 4.69. The van der Waals surface area contributed by atoms with Crippen molar-refractivity contribution in [1.29, 1.82) is 0 Å². The molecule has 0 unspecified atom stereocenters. The summed E-state index contributed by atoms with van der Waals surface area (Å²) in [5.74, 6) is 0. The van der Waals surface area contributed by atoms with Crippen molar-refractivity contribution >= 4 is 0 Å². The fourth-order valence-electron chi connectivity index (χ4n) is 2.88. The van der Waals surface area contributed by atoms with Gasteiger partial charge >= 0.3 is 0 Å². The van der Waals surface area contributed by atoms with Crippen LogP contribution in [0.25, 0.3) is 0 Å². The molecule has 0 amide bonds. The lowest BCUT2D eigenvalue weighted by Gasteiger charge is -2.34. The van der Waals surface area contributed by atoms with E-state index in [0.717, 1.165) is 12.0 Å². The molecule has 3 heteroatoms. The third-order valence-corrected chi connectivity index (χ3v) is 3.51. The third-order valence-electron chi connectivity index (χ3n) is 3.51. The highest BCUT2D eigenvalue weighted by molar-refractivity contribution is 5.30. The molecule has 13 heavy (non-hydrogen) atoms. The van der Waals surface area contributed by atoms with Gasteiger partial charge in [0.2, 0.25) is 0 Å². The van der Waals surface area contributed by atoms with E-state index in [1.54, 1.807) is 7.11 Å². The van der Waals surface area contributed by atoms with E-state index in [1.165, 1.54) is 0 Å². The minimum absolute atomic E-state index is 0.389. The molecule has 0 aromatic rings. The van der Waals surface area contributed by atoms with Gasteiger partial charge in [-0.15, -0.1) is 0 Å². The van der Waals surface area contributed by atoms with Crippen LogP contribution in [0.4, 0.5) is 0 Å². The SMILES string of the molecule is C=C1C[C@]2(O)CCC[C@]2(O)[C@H]1OC. The van der Waals surface area contributed by atoms with Crippen LogP contribution in [0, 0.1) is 0 Å². The van der Waals surface area contributed by atoms with Gasteiger partial charge in [0, 0.05) is 13.5 Å². The maximum absolute atomic E-state index is 10.3. The summed E-state index contributed by atoms with van der Waals surface area (Å²) < 4.78 is 5.20. The Morgan fingerprint density at radius 2 is 2.15 bits per heavy atom. The molecular weight excluding hydrogens is 168 g/mol. The molecule has 0 spiro atoms. The van der Waals surface area contributed by atoms with Gasteiger partial charge < -0.3 is 14.9 Å². The minimum atomic E-state index is -1.08. The van der Waals surface area contributed by atoms with Crippen molar-refractivity contribution in [3.8, 4) is 0 Å². The standard InChI is InChI=1S/C10H16O3/c1-7-6-9(11)4-3-5-10(9,12)8(7)13-2/h8,11-12H,1,3-6H2,2H3/t8-,9+,10-/m0/s1. The largest absolute Gasteiger partial charge is 0.386 e. The molecule has 3 atom stereocenters. The summed E-state index contributed by atoms with van der Waals surface area (Å²) >= 11 is 0. The summed E-state index contributed by atoms with van der Waals surface area (Å²) in [4.78, 5) is 0. The molecule has 0 radical (unpaired) electrons. The van der Waals surface area contributed by atoms with Crippen molar-refractivity contribution < 1.29 is 14.9 Å². The molecule has 2 rings (SSSR count). The summed E-state index contributed by atoms with van der Waals surface area (Å²) in [5.41, 5.74) is -1.25. The lowest BCUT2D eigenvalue weighted by atomic mass is 9.88. The quantitative estimate of drug-likeness (QED) is 0.587. The molecule has 0 aliphatic heterocycles. The van der Waals surface area contributed by atoms with Crippen LogP contribution in [0.1, 0.15) is 25.7 Å². The van der Waals surface area contributed by atoms with Crippen LogP contribution in [0.15, 0.2) is 12.2 Å². The Hall–Kier alpha value is -0.380. The average molecular weight is 184 g/mol. The number of fused-ring (bicyclic) bond motifs is 1. The maximum Gasteiger partial charge on any atom is 0.123 e. The Morgan fingerprint density at radius 1 is 1.46 bits per heavy atom. The highest BCUT2D eigenvalue weighted by atomic mass is 16.5. The zero-order valence-corrected chi connectivity index (χ0v) is 7.92. The van der Waals surface area contributed by atoms with Crippen molar-refractivity contribution in [2.75, 3.05) is 7.11 Å². The summed E-state index contributed by atoms with van der Waals surface area (Å²) in [6.45, 7) is 3.83. The predicted molar refractivity (Wildman–Crippen MR) is 48.3 cm³/mol. The summed E-state index contributed by atoms with van der Waals surface area (Å²) in [7, 11) is 1.55. The summed E-state index contributed by atoms with van der Waals surface area (Å²) in [6.07, 6.45) is 2.21. The zero-order valence-electron chi connectivity index (χ0n) is 7.92. The van der Waals surface area contributed by atoms with E-state index in [9.17, 15) is 10.2 Å². The molecule has 2 fully saturated rings. The molecule has 2 saturated carbocycles. The second-order valence-corrected chi connectivity index (χ2v) is 4.26. The van der Waals surface area contributed by atoms with Crippen LogP contribution in [-0.4, -0.2) is 34.6 Å². The number of methoxy groups -OCH3 is 1. The summed E-state index contributed by atoms with van der Waals surface area (Å²) in [5, 5.41) is 20.5. The van der Waals surface area contributed by atoms with Gasteiger partial charge in [0.05, 0.1) is 5.60 Å². The number of hydrogen-bond donors (Lipinski definition) is 2. The molecule has 0 bridgehead atoms. The van der Waals surface area contributed by atoms with Gasteiger partial charge in [-0.1, -0.05) is 6.58 Å². The maximum atomic E-state index is 10.3. The fourth-order valence-corrected chi connectivity index (χ4v) is 2.88. The topological polar surface area (TPSA) is 49.7 Å². The van der Waals surface area contributed by atoms with Crippen LogP contribution in [0.5, 0.6) is 0 Å².